The van der Waals surface area contributed by atoms with Gasteiger partial charge in [-0.05, 0) is 18.6 Å². The van der Waals surface area contributed by atoms with Crippen LogP contribution in [0.25, 0.3) is 0 Å². The van der Waals surface area contributed by atoms with E-state index in [1.165, 1.54) is 4.90 Å². The van der Waals surface area contributed by atoms with Gasteiger partial charge in [0, 0.05) is 4.90 Å². The standard InChI is InChI=1S/C12H11BrS/c13-12(9-5-2-6-10-12)14-11-7-3-1-4-8-11/h1-9H,10H2. The maximum absolute atomic E-state index is 3.76. The van der Waals surface area contributed by atoms with E-state index in [4.69, 9.17) is 0 Å². The Hall–Kier alpha value is -0.470. The highest BCUT2D eigenvalue weighted by atomic mass is 79.9. The molecular weight excluding hydrogens is 256 g/mol. The molecule has 1 aromatic carbocycles. The zero-order valence-electron chi connectivity index (χ0n) is 7.69. The molecule has 14 heavy (non-hydrogen) atoms. The Morgan fingerprint density at radius 2 is 1.93 bits per heavy atom. The number of hydrogen-bond donors (Lipinski definition) is 0. The van der Waals surface area contributed by atoms with E-state index in [0.29, 0.717) is 0 Å². The second kappa shape index (κ2) is 4.37. The van der Waals surface area contributed by atoms with E-state index in [-0.39, 0.29) is 3.66 Å². The first-order valence-electron chi connectivity index (χ1n) is 4.56. The maximum Gasteiger partial charge on any atom is 0.0971 e. The predicted octanol–water partition coefficient (Wildman–Crippen LogP) is 4.39. The third kappa shape index (κ3) is 2.52. The smallest absolute Gasteiger partial charge is 0.0971 e. The van der Waals surface area contributed by atoms with Crippen molar-refractivity contribution in [2.45, 2.75) is 15.0 Å². The molecule has 0 nitrogen and oxygen atoms in total. The molecule has 0 heterocycles. The summed E-state index contributed by atoms with van der Waals surface area (Å²) in [6.45, 7) is 0. The van der Waals surface area contributed by atoms with Crippen LogP contribution in [0.2, 0.25) is 0 Å². The van der Waals surface area contributed by atoms with Gasteiger partial charge in [0.1, 0.15) is 0 Å². The number of hydrogen-bond acceptors (Lipinski definition) is 1. The van der Waals surface area contributed by atoms with E-state index in [0.717, 1.165) is 6.42 Å². The summed E-state index contributed by atoms with van der Waals surface area (Å²) in [5, 5.41) is 0. The van der Waals surface area contributed by atoms with Crippen molar-refractivity contribution in [3.05, 3.63) is 54.6 Å². The van der Waals surface area contributed by atoms with Crippen molar-refractivity contribution in [3.8, 4) is 0 Å². The highest BCUT2D eigenvalue weighted by Crippen LogP contribution is 2.43. The molecule has 0 bridgehead atoms. The molecule has 72 valence electrons. The molecule has 0 saturated heterocycles. The maximum atomic E-state index is 3.76. The fourth-order valence-electron chi connectivity index (χ4n) is 1.33. The summed E-state index contributed by atoms with van der Waals surface area (Å²) in [6.07, 6.45) is 9.59. The summed E-state index contributed by atoms with van der Waals surface area (Å²) in [5.41, 5.74) is 0. The van der Waals surface area contributed by atoms with Gasteiger partial charge in [-0.2, -0.15) is 0 Å². The zero-order chi connectivity index (χ0) is 9.86. The number of thioether (sulfide) groups is 1. The van der Waals surface area contributed by atoms with Gasteiger partial charge >= 0.3 is 0 Å². The molecule has 0 spiro atoms. The van der Waals surface area contributed by atoms with Crippen LogP contribution in [-0.4, -0.2) is 3.66 Å². The minimum atomic E-state index is 0.0447. The largest absolute Gasteiger partial charge is 0.103 e. The van der Waals surface area contributed by atoms with Gasteiger partial charge in [-0.3, -0.25) is 0 Å². The van der Waals surface area contributed by atoms with E-state index >= 15 is 0 Å². The van der Waals surface area contributed by atoms with Crippen LogP contribution in [-0.2, 0) is 0 Å². The van der Waals surface area contributed by atoms with Crippen LogP contribution >= 0.6 is 27.7 Å². The topological polar surface area (TPSA) is 0 Å². The molecule has 1 unspecified atom stereocenters. The average Bonchev–Trinajstić information content (AvgIpc) is 2.19. The minimum Gasteiger partial charge on any atom is -0.103 e. The van der Waals surface area contributed by atoms with Crippen LogP contribution in [0.4, 0.5) is 0 Å². The monoisotopic (exact) mass is 266 g/mol. The number of rotatable bonds is 2. The quantitative estimate of drug-likeness (QED) is 0.716. The van der Waals surface area contributed by atoms with E-state index in [1.54, 1.807) is 0 Å². The Labute approximate surface area is 97.2 Å². The summed E-state index contributed by atoms with van der Waals surface area (Å²) in [5.74, 6) is 0. The first kappa shape index (κ1) is 10.1. The Morgan fingerprint density at radius 3 is 2.57 bits per heavy atom. The SMILES string of the molecule is BrC1(Sc2ccccc2)C=CC=CC1. The molecule has 0 N–H and O–H groups in total. The molecule has 0 aromatic heterocycles. The van der Waals surface area contributed by atoms with E-state index in [2.05, 4.69) is 64.5 Å². The number of benzene rings is 1. The molecule has 1 aromatic rings. The van der Waals surface area contributed by atoms with Gasteiger partial charge < -0.3 is 0 Å². The van der Waals surface area contributed by atoms with Crippen molar-refractivity contribution < 1.29 is 0 Å². The lowest BCUT2D eigenvalue weighted by molar-refractivity contribution is 1.01. The fourth-order valence-corrected chi connectivity index (χ4v) is 3.25. The van der Waals surface area contributed by atoms with Crippen LogP contribution in [0.5, 0.6) is 0 Å². The first-order valence-corrected chi connectivity index (χ1v) is 6.17. The van der Waals surface area contributed by atoms with Crippen molar-refractivity contribution in [2.24, 2.45) is 0 Å². The lowest BCUT2D eigenvalue weighted by Gasteiger charge is -2.23. The highest BCUT2D eigenvalue weighted by Gasteiger charge is 2.24. The molecule has 0 radical (unpaired) electrons. The molecule has 0 saturated carbocycles. The van der Waals surface area contributed by atoms with E-state index in [1.807, 2.05) is 17.8 Å². The number of halogens is 1. The van der Waals surface area contributed by atoms with Crippen molar-refractivity contribution in [2.75, 3.05) is 0 Å². The van der Waals surface area contributed by atoms with Crippen LogP contribution in [0.3, 0.4) is 0 Å². The molecule has 1 aliphatic rings. The van der Waals surface area contributed by atoms with Crippen LogP contribution < -0.4 is 0 Å². The molecule has 2 rings (SSSR count). The van der Waals surface area contributed by atoms with Crippen molar-refractivity contribution in [1.82, 2.24) is 0 Å². The van der Waals surface area contributed by atoms with Crippen molar-refractivity contribution >= 4 is 27.7 Å². The average molecular weight is 267 g/mol. The van der Waals surface area contributed by atoms with Gasteiger partial charge in [0.05, 0.1) is 3.66 Å². The molecule has 0 fully saturated rings. The summed E-state index contributed by atoms with van der Waals surface area (Å²) < 4.78 is 0.0447. The second-order valence-electron chi connectivity index (χ2n) is 3.19. The van der Waals surface area contributed by atoms with Crippen LogP contribution in [0, 0.1) is 0 Å². The Kier molecular flexibility index (Phi) is 3.14. The van der Waals surface area contributed by atoms with E-state index < -0.39 is 0 Å². The minimum absolute atomic E-state index is 0.0447. The summed E-state index contributed by atoms with van der Waals surface area (Å²) >= 11 is 5.60. The molecular formula is C12H11BrS. The van der Waals surface area contributed by atoms with E-state index in [9.17, 15) is 0 Å². The molecule has 1 atom stereocenters. The molecule has 2 heteroatoms. The zero-order valence-corrected chi connectivity index (χ0v) is 10.1. The van der Waals surface area contributed by atoms with Crippen molar-refractivity contribution in [3.63, 3.8) is 0 Å². The Bertz CT molecular complexity index is 356. The molecule has 1 aliphatic carbocycles. The van der Waals surface area contributed by atoms with Crippen molar-refractivity contribution in [1.29, 1.82) is 0 Å². The second-order valence-corrected chi connectivity index (χ2v) is 6.54. The lowest BCUT2D eigenvalue weighted by Crippen LogP contribution is -2.11. The van der Waals surface area contributed by atoms with Gasteiger partial charge in [-0.15, -0.1) is 11.8 Å². The predicted molar refractivity (Wildman–Crippen MR) is 66.9 cm³/mol. The lowest BCUT2D eigenvalue weighted by atomic mass is 10.2. The normalized spacial score (nSPS) is 25.2. The van der Waals surface area contributed by atoms with Crippen LogP contribution in [0.1, 0.15) is 6.42 Å². The van der Waals surface area contributed by atoms with Gasteiger partial charge in [-0.1, -0.05) is 58.4 Å². The first-order chi connectivity index (χ1) is 6.79. The highest BCUT2D eigenvalue weighted by molar-refractivity contribution is 9.12. The molecule has 0 amide bonds. The van der Waals surface area contributed by atoms with Crippen LogP contribution in [0.15, 0.2) is 59.5 Å². The Morgan fingerprint density at radius 1 is 1.14 bits per heavy atom. The Balaban J connectivity index is 2.11. The summed E-state index contributed by atoms with van der Waals surface area (Å²) in [4.78, 5) is 1.30. The molecule has 0 aliphatic heterocycles. The third-order valence-corrected chi connectivity index (χ3v) is 4.24. The van der Waals surface area contributed by atoms with Gasteiger partial charge in [-0.25, -0.2) is 0 Å². The van der Waals surface area contributed by atoms with Gasteiger partial charge in [0.2, 0.25) is 0 Å². The number of allylic oxidation sites excluding steroid dienone is 3. The summed E-state index contributed by atoms with van der Waals surface area (Å²) in [7, 11) is 0. The van der Waals surface area contributed by atoms with Gasteiger partial charge in [0.25, 0.3) is 0 Å². The number of alkyl halides is 1. The van der Waals surface area contributed by atoms with Gasteiger partial charge in [0.15, 0.2) is 0 Å². The third-order valence-electron chi connectivity index (χ3n) is 2.02. The summed E-state index contributed by atoms with van der Waals surface area (Å²) in [6, 6.07) is 10.5. The fraction of sp³-hybridized carbons (Fsp3) is 0.167.